The number of carbonyl (C=O) groups excluding carboxylic acids is 1. The van der Waals surface area contributed by atoms with Crippen LogP contribution in [0, 0.1) is 5.82 Å². The van der Waals surface area contributed by atoms with E-state index in [0.717, 1.165) is 0 Å². The summed E-state index contributed by atoms with van der Waals surface area (Å²) in [5.41, 5.74) is 0.288. The summed E-state index contributed by atoms with van der Waals surface area (Å²) in [6.07, 6.45) is 0.933. The van der Waals surface area contributed by atoms with Crippen molar-refractivity contribution in [1.82, 2.24) is 0 Å². The molecule has 0 aliphatic rings. The lowest BCUT2D eigenvalue weighted by Gasteiger charge is -2.10. The first-order chi connectivity index (χ1) is 8.08. The summed E-state index contributed by atoms with van der Waals surface area (Å²) in [6, 6.07) is 3.94. The fourth-order valence-corrected chi connectivity index (χ4v) is 1.48. The monoisotopic (exact) mass is 240 g/mol. The van der Waals surface area contributed by atoms with Crippen LogP contribution >= 0.6 is 0 Å². The first kappa shape index (κ1) is 13.6. The Morgan fingerprint density at radius 2 is 2.12 bits per heavy atom. The molecule has 0 fully saturated rings. The fraction of sp³-hybridized carbons (Fsp3) is 0.462. The van der Waals surface area contributed by atoms with Crippen LogP contribution in [0.1, 0.15) is 30.1 Å². The number of benzene rings is 1. The number of hydrogen-bond donors (Lipinski definition) is 0. The number of Topliss-reactive ketones (excluding diaryl/α,β-unsaturated/α-hetero) is 1. The first-order valence-corrected chi connectivity index (χ1v) is 5.48. The van der Waals surface area contributed by atoms with Crippen molar-refractivity contribution in [3.05, 3.63) is 29.6 Å². The maximum absolute atomic E-state index is 13.1. The molecule has 0 aliphatic carbocycles. The third kappa shape index (κ3) is 3.82. The second-order valence-electron chi connectivity index (χ2n) is 3.85. The number of ketones is 1. The largest absolute Gasteiger partial charge is 0.496 e. The number of halogens is 1. The van der Waals surface area contributed by atoms with E-state index in [-0.39, 0.29) is 17.5 Å². The maximum atomic E-state index is 13.1. The average Bonchev–Trinajstić information content (AvgIpc) is 2.35. The van der Waals surface area contributed by atoms with Crippen LogP contribution in [0.4, 0.5) is 4.39 Å². The Hall–Kier alpha value is -1.42. The molecule has 4 heteroatoms. The number of methoxy groups -OCH3 is 2. The topological polar surface area (TPSA) is 35.5 Å². The van der Waals surface area contributed by atoms with Gasteiger partial charge in [-0.15, -0.1) is 0 Å². The molecule has 94 valence electrons. The Morgan fingerprint density at radius 3 is 2.71 bits per heavy atom. The summed E-state index contributed by atoms with van der Waals surface area (Å²) < 4.78 is 23.2. The molecular formula is C13H17FO3. The Bertz CT molecular complexity index is 390. The van der Waals surface area contributed by atoms with Gasteiger partial charge in [0.1, 0.15) is 11.6 Å². The van der Waals surface area contributed by atoms with Crippen LogP contribution in [-0.2, 0) is 4.74 Å². The molecule has 0 N–H and O–H groups in total. The zero-order valence-electron chi connectivity index (χ0n) is 10.3. The summed E-state index contributed by atoms with van der Waals surface area (Å²) >= 11 is 0. The fourth-order valence-electron chi connectivity index (χ4n) is 1.48. The van der Waals surface area contributed by atoms with Crippen LogP contribution in [0.3, 0.4) is 0 Å². The van der Waals surface area contributed by atoms with Crippen LogP contribution in [0.25, 0.3) is 0 Å². The molecule has 1 rings (SSSR count). The van der Waals surface area contributed by atoms with Gasteiger partial charge in [-0.05, 0) is 31.5 Å². The van der Waals surface area contributed by atoms with Crippen molar-refractivity contribution in [3.8, 4) is 5.75 Å². The van der Waals surface area contributed by atoms with E-state index in [9.17, 15) is 9.18 Å². The molecule has 1 aromatic carbocycles. The molecule has 0 spiro atoms. The van der Waals surface area contributed by atoms with E-state index in [1.165, 1.54) is 25.3 Å². The molecule has 1 aromatic rings. The highest BCUT2D eigenvalue weighted by Gasteiger charge is 2.14. The van der Waals surface area contributed by atoms with Crippen molar-refractivity contribution in [1.29, 1.82) is 0 Å². The van der Waals surface area contributed by atoms with E-state index in [2.05, 4.69) is 0 Å². The highest BCUT2D eigenvalue weighted by Crippen LogP contribution is 2.21. The zero-order valence-corrected chi connectivity index (χ0v) is 10.3. The van der Waals surface area contributed by atoms with Crippen LogP contribution in [0.15, 0.2) is 18.2 Å². The molecule has 0 aromatic heterocycles. The molecule has 3 nitrogen and oxygen atoms in total. The summed E-state index contributed by atoms with van der Waals surface area (Å²) in [7, 11) is 3.06. The second-order valence-corrected chi connectivity index (χ2v) is 3.85. The van der Waals surface area contributed by atoms with Crippen LogP contribution in [0.2, 0.25) is 0 Å². The predicted octanol–water partition coefficient (Wildman–Crippen LogP) is 2.83. The third-order valence-electron chi connectivity index (χ3n) is 2.64. The molecule has 0 bridgehead atoms. The van der Waals surface area contributed by atoms with E-state index in [1.54, 1.807) is 7.11 Å². The van der Waals surface area contributed by atoms with Gasteiger partial charge in [-0.1, -0.05) is 0 Å². The first-order valence-electron chi connectivity index (χ1n) is 5.48. The van der Waals surface area contributed by atoms with E-state index in [4.69, 9.17) is 9.47 Å². The van der Waals surface area contributed by atoms with Gasteiger partial charge in [-0.25, -0.2) is 4.39 Å². The van der Waals surface area contributed by atoms with Crippen LogP contribution in [-0.4, -0.2) is 26.1 Å². The number of ether oxygens (including phenoxy) is 2. The molecule has 0 amide bonds. The van der Waals surface area contributed by atoms with Gasteiger partial charge in [0.15, 0.2) is 5.78 Å². The lowest BCUT2D eigenvalue weighted by atomic mass is 10.0. The lowest BCUT2D eigenvalue weighted by molar-refractivity contribution is 0.0875. The molecular weight excluding hydrogens is 223 g/mol. The van der Waals surface area contributed by atoms with E-state index < -0.39 is 5.82 Å². The van der Waals surface area contributed by atoms with Crippen molar-refractivity contribution in [2.24, 2.45) is 0 Å². The smallest absolute Gasteiger partial charge is 0.166 e. The Balaban J connectivity index is 2.77. The van der Waals surface area contributed by atoms with Crippen LogP contribution in [0.5, 0.6) is 5.75 Å². The minimum absolute atomic E-state index is 0.0125. The van der Waals surface area contributed by atoms with Gasteiger partial charge < -0.3 is 9.47 Å². The molecule has 17 heavy (non-hydrogen) atoms. The van der Waals surface area contributed by atoms with Gasteiger partial charge in [0.25, 0.3) is 0 Å². The maximum Gasteiger partial charge on any atom is 0.166 e. The highest BCUT2D eigenvalue weighted by molar-refractivity contribution is 5.98. The van der Waals surface area contributed by atoms with Gasteiger partial charge in [-0.3, -0.25) is 4.79 Å². The molecule has 0 saturated carbocycles. The average molecular weight is 240 g/mol. The van der Waals surface area contributed by atoms with Gasteiger partial charge in [0.2, 0.25) is 0 Å². The minimum Gasteiger partial charge on any atom is -0.496 e. The zero-order chi connectivity index (χ0) is 12.8. The van der Waals surface area contributed by atoms with Crippen molar-refractivity contribution in [2.75, 3.05) is 14.2 Å². The number of hydrogen-bond acceptors (Lipinski definition) is 3. The van der Waals surface area contributed by atoms with Gasteiger partial charge in [-0.2, -0.15) is 0 Å². The van der Waals surface area contributed by atoms with E-state index in [1.807, 2.05) is 6.92 Å². The standard InChI is InChI=1S/C13H17FO3/c1-9(16-2)4-6-12(15)11-8-10(14)5-7-13(11)17-3/h5,7-9H,4,6H2,1-3H3. The summed E-state index contributed by atoms with van der Waals surface area (Å²) in [5, 5.41) is 0. The molecule has 1 unspecified atom stereocenters. The minimum atomic E-state index is -0.436. The van der Waals surface area contributed by atoms with Gasteiger partial charge >= 0.3 is 0 Å². The van der Waals surface area contributed by atoms with Crippen LogP contribution < -0.4 is 4.74 Å². The molecule has 1 atom stereocenters. The summed E-state index contributed by atoms with van der Waals surface area (Å²) in [6.45, 7) is 1.89. The number of rotatable bonds is 6. The highest BCUT2D eigenvalue weighted by atomic mass is 19.1. The second kappa shape index (κ2) is 6.35. The number of carbonyl (C=O) groups is 1. The predicted molar refractivity (Wildman–Crippen MR) is 63.0 cm³/mol. The van der Waals surface area contributed by atoms with Crippen molar-refractivity contribution in [2.45, 2.75) is 25.9 Å². The molecule has 0 radical (unpaired) electrons. The molecule has 0 heterocycles. The lowest BCUT2D eigenvalue weighted by Crippen LogP contribution is -2.09. The van der Waals surface area contributed by atoms with E-state index >= 15 is 0 Å². The Kier molecular flexibility index (Phi) is 5.10. The SMILES string of the molecule is COc1ccc(F)cc1C(=O)CCC(C)OC. The Labute approximate surface area is 101 Å². The molecule has 0 saturated heterocycles. The summed E-state index contributed by atoms with van der Waals surface area (Å²) in [5.74, 6) is -0.166. The van der Waals surface area contributed by atoms with Gasteiger partial charge in [0, 0.05) is 13.5 Å². The van der Waals surface area contributed by atoms with E-state index in [0.29, 0.717) is 18.6 Å². The molecule has 0 aliphatic heterocycles. The van der Waals surface area contributed by atoms with Crippen molar-refractivity contribution in [3.63, 3.8) is 0 Å². The normalized spacial score (nSPS) is 12.2. The van der Waals surface area contributed by atoms with Crippen molar-refractivity contribution >= 4 is 5.78 Å². The quantitative estimate of drug-likeness (QED) is 0.717. The Morgan fingerprint density at radius 1 is 1.41 bits per heavy atom. The van der Waals surface area contributed by atoms with Gasteiger partial charge in [0.05, 0.1) is 18.8 Å². The third-order valence-corrected chi connectivity index (χ3v) is 2.64. The van der Waals surface area contributed by atoms with Crippen molar-refractivity contribution < 1.29 is 18.7 Å². The summed E-state index contributed by atoms with van der Waals surface area (Å²) in [4.78, 5) is 11.9.